The van der Waals surface area contributed by atoms with Crippen LogP contribution in [0, 0.1) is 12.9 Å². The van der Waals surface area contributed by atoms with Gasteiger partial charge in [-0.05, 0) is 6.92 Å². The lowest BCUT2D eigenvalue weighted by molar-refractivity contribution is 0.565. The van der Waals surface area contributed by atoms with E-state index in [1.165, 1.54) is 13.1 Å². The molecule has 48 valence electrons. The Balaban J connectivity index is 3.17. The summed E-state index contributed by atoms with van der Waals surface area (Å²) in [5.41, 5.74) is 0.225. The zero-order valence-electron chi connectivity index (χ0n) is 4.73. The molecule has 0 aliphatic carbocycles. The van der Waals surface area contributed by atoms with Crippen molar-refractivity contribution in [3.63, 3.8) is 0 Å². The number of aryl methyl sites for hydroxylation is 1. The molecule has 1 aromatic heterocycles. The molecule has 0 aliphatic heterocycles. The maximum atomic E-state index is 12.3. The van der Waals surface area contributed by atoms with Gasteiger partial charge in [-0.1, -0.05) is 11.6 Å². The average Bonchev–Trinajstić information content (AvgIpc) is 1.80. The largest absolute Gasteiger partial charge is 0.235 e. The Labute approximate surface area is 56.7 Å². The van der Waals surface area contributed by atoms with Gasteiger partial charge >= 0.3 is 0 Å². The van der Waals surface area contributed by atoms with E-state index >= 15 is 0 Å². The standard InChI is InChI=1S/C5H4ClFN2/c1-3-5(7)8-2-4(6)9-3/h2H,1H3. The van der Waals surface area contributed by atoms with Crippen LogP contribution in [0.1, 0.15) is 5.69 Å². The normalized spacial score (nSPS) is 9.67. The van der Waals surface area contributed by atoms with E-state index in [4.69, 9.17) is 11.6 Å². The second-order valence-corrected chi connectivity index (χ2v) is 1.96. The Morgan fingerprint density at radius 3 is 2.78 bits per heavy atom. The number of hydrogen-bond acceptors (Lipinski definition) is 2. The molecular formula is C5H4ClFN2. The first-order valence-electron chi connectivity index (χ1n) is 2.35. The predicted molar refractivity (Wildman–Crippen MR) is 31.7 cm³/mol. The first-order valence-corrected chi connectivity index (χ1v) is 2.72. The van der Waals surface area contributed by atoms with E-state index in [1.54, 1.807) is 0 Å². The highest BCUT2D eigenvalue weighted by Gasteiger charge is 1.97. The van der Waals surface area contributed by atoms with E-state index in [1.807, 2.05) is 0 Å². The van der Waals surface area contributed by atoms with Crippen molar-refractivity contribution in [2.45, 2.75) is 6.92 Å². The van der Waals surface area contributed by atoms with Gasteiger partial charge in [0.2, 0.25) is 5.95 Å². The molecule has 0 fully saturated rings. The van der Waals surface area contributed by atoms with Crippen molar-refractivity contribution < 1.29 is 4.39 Å². The Bertz CT molecular complexity index is 226. The Morgan fingerprint density at radius 1 is 1.67 bits per heavy atom. The summed E-state index contributed by atoms with van der Waals surface area (Å²) in [5.74, 6) is -0.570. The molecule has 1 heterocycles. The topological polar surface area (TPSA) is 25.8 Å². The Morgan fingerprint density at radius 2 is 2.33 bits per heavy atom. The minimum Gasteiger partial charge on any atom is -0.235 e. The van der Waals surface area contributed by atoms with Crippen LogP contribution >= 0.6 is 11.6 Å². The second-order valence-electron chi connectivity index (χ2n) is 1.57. The molecular weight excluding hydrogens is 143 g/mol. The summed E-state index contributed by atoms with van der Waals surface area (Å²) < 4.78 is 12.3. The first kappa shape index (κ1) is 6.42. The lowest BCUT2D eigenvalue weighted by Gasteiger charge is -1.91. The van der Waals surface area contributed by atoms with Crippen molar-refractivity contribution in [2.75, 3.05) is 0 Å². The summed E-state index contributed by atoms with van der Waals surface area (Å²) in [7, 11) is 0. The molecule has 0 unspecified atom stereocenters. The zero-order valence-corrected chi connectivity index (χ0v) is 5.48. The number of aromatic nitrogens is 2. The van der Waals surface area contributed by atoms with Crippen LogP contribution in [0.15, 0.2) is 6.20 Å². The average molecular weight is 147 g/mol. The quantitative estimate of drug-likeness (QED) is 0.555. The van der Waals surface area contributed by atoms with Crippen LogP contribution in [-0.4, -0.2) is 9.97 Å². The van der Waals surface area contributed by atoms with Crippen LogP contribution in [0.5, 0.6) is 0 Å². The van der Waals surface area contributed by atoms with Crippen LogP contribution in [-0.2, 0) is 0 Å². The maximum absolute atomic E-state index is 12.3. The lowest BCUT2D eigenvalue weighted by Crippen LogP contribution is -1.90. The van der Waals surface area contributed by atoms with Crippen LogP contribution < -0.4 is 0 Å². The third-order valence-corrected chi connectivity index (χ3v) is 1.04. The molecule has 4 heteroatoms. The highest BCUT2D eigenvalue weighted by molar-refractivity contribution is 6.29. The van der Waals surface area contributed by atoms with Gasteiger partial charge in [0.1, 0.15) is 5.15 Å². The van der Waals surface area contributed by atoms with Crippen molar-refractivity contribution in [1.29, 1.82) is 0 Å². The Kier molecular flexibility index (Phi) is 1.62. The minimum absolute atomic E-state index is 0.217. The van der Waals surface area contributed by atoms with Gasteiger partial charge in [-0.25, -0.2) is 9.97 Å². The van der Waals surface area contributed by atoms with Crippen molar-refractivity contribution in [2.24, 2.45) is 0 Å². The van der Waals surface area contributed by atoms with E-state index in [9.17, 15) is 4.39 Å². The summed E-state index contributed by atoms with van der Waals surface area (Å²) in [6.45, 7) is 1.51. The highest BCUT2D eigenvalue weighted by Crippen LogP contribution is 2.04. The van der Waals surface area contributed by atoms with E-state index in [0.29, 0.717) is 0 Å². The monoisotopic (exact) mass is 146 g/mol. The number of halogens is 2. The molecule has 0 aliphatic rings. The highest BCUT2D eigenvalue weighted by atomic mass is 35.5. The third kappa shape index (κ3) is 1.36. The summed E-state index contributed by atoms with van der Waals surface area (Å²) in [4.78, 5) is 6.92. The Hall–Kier alpha value is -0.700. The van der Waals surface area contributed by atoms with Gasteiger partial charge in [-0.2, -0.15) is 4.39 Å². The minimum atomic E-state index is -0.570. The van der Waals surface area contributed by atoms with Crippen molar-refractivity contribution in [1.82, 2.24) is 9.97 Å². The zero-order chi connectivity index (χ0) is 6.85. The smallest absolute Gasteiger partial charge is 0.234 e. The molecule has 1 aromatic rings. The van der Waals surface area contributed by atoms with Gasteiger partial charge in [-0.3, -0.25) is 0 Å². The van der Waals surface area contributed by atoms with E-state index in [0.717, 1.165) is 0 Å². The fourth-order valence-corrected chi connectivity index (χ4v) is 0.614. The third-order valence-electron chi connectivity index (χ3n) is 0.857. The SMILES string of the molecule is Cc1nc(Cl)cnc1F. The van der Waals surface area contributed by atoms with Crippen molar-refractivity contribution >= 4 is 11.6 Å². The molecule has 0 spiro atoms. The molecule has 9 heavy (non-hydrogen) atoms. The number of nitrogens with zero attached hydrogens (tertiary/aromatic N) is 2. The maximum Gasteiger partial charge on any atom is 0.234 e. The summed E-state index contributed by atoms with van der Waals surface area (Å²) in [6, 6.07) is 0. The van der Waals surface area contributed by atoms with Gasteiger partial charge in [0.05, 0.1) is 11.9 Å². The van der Waals surface area contributed by atoms with Gasteiger partial charge < -0.3 is 0 Å². The first-order chi connectivity index (χ1) is 4.20. The molecule has 0 aromatic carbocycles. The van der Waals surface area contributed by atoms with Crippen LogP contribution in [0.2, 0.25) is 5.15 Å². The van der Waals surface area contributed by atoms with E-state index < -0.39 is 5.95 Å². The fourth-order valence-electron chi connectivity index (χ4n) is 0.439. The molecule has 0 amide bonds. The molecule has 0 radical (unpaired) electrons. The molecule has 0 atom stereocenters. The van der Waals surface area contributed by atoms with Crippen LogP contribution in [0.4, 0.5) is 4.39 Å². The van der Waals surface area contributed by atoms with Gasteiger partial charge in [0.25, 0.3) is 0 Å². The number of hydrogen-bond donors (Lipinski definition) is 0. The molecule has 0 bridgehead atoms. The van der Waals surface area contributed by atoms with Crippen LogP contribution in [0.3, 0.4) is 0 Å². The van der Waals surface area contributed by atoms with Crippen LogP contribution in [0.25, 0.3) is 0 Å². The molecule has 0 saturated heterocycles. The summed E-state index contributed by atoms with van der Waals surface area (Å²) in [6.07, 6.45) is 1.17. The van der Waals surface area contributed by atoms with E-state index in [-0.39, 0.29) is 10.8 Å². The molecule has 1 rings (SSSR count). The second kappa shape index (κ2) is 2.27. The van der Waals surface area contributed by atoms with Gasteiger partial charge in [0.15, 0.2) is 0 Å². The summed E-state index contributed by atoms with van der Waals surface area (Å²) in [5, 5.41) is 0.217. The molecule has 0 saturated carbocycles. The van der Waals surface area contributed by atoms with Gasteiger partial charge in [0, 0.05) is 0 Å². The van der Waals surface area contributed by atoms with Crippen molar-refractivity contribution in [3.05, 3.63) is 23.0 Å². The van der Waals surface area contributed by atoms with Gasteiger partial charge in [-0.15, -0.1) is 0 Å². The lowest BCUT2D eigenvalue weighted by atomic mass is 10.5. The molecule has 2 nitrogen and oxygen atoms in total. The van der Waals surface area contributed by atoms with E-state index in [2.05, 4.69) is 9.97 Å². The fraction of sp³-hybridized carbons (Fsp3) is 0.200. The predicted octanol–water partition coefficient (Wildman–Crippen LogP) is 1.58. The van der Waals surface area contributed by atoms with Crippen molar-refractivity contribution in [3.8, 4) is 0 Å². The molecule has 0 N–H and O–H groups in total. The summed E-state index contributed by atoms with van der Waals surface area (Å²) >= 11 is 5.38. The number of rotatable bonds is 0.